The summed E-state index contributed by atoms with van der Waals surface area (Å²) in [6.07, 6.45) is 6.29. The molecule has 3 rings (SSSR count). The Morgan fingerprint density at radius 1 is 1.38 bits per heavy atom. The van der Waals surface area contributed by atoms with Gasteiger partial charge in [0.05, 0.1) is 11.7 Å². The van der Waals surface area contributed by atoms with Crippen molar-refractivity contribution in [2.75, 3.05) is 13.1 Å². The van der Waals surface area contributed by atoms with Crippen molar-refractivity contribution in [3.8, 4) is 0 Å². The smallest absolute Gasteiger partial charge is 0.0971 e. The quantitative estimate of drug-likeness (QED) is 0.779. The van der Waals surface area contributed by atoms with Gasteiger partial charge in [-0.1, -0.05) is 46.9 Å². The van der Waals surface area contributed by atoms with Crippen molar-refractivity contribution in [2.45, 2.75) is 50.7 Å². The first-order valence-electron chi connectivity index (χ1n) is 7.95. The van der Waals surface area contributed by atoms with Gasteiger partial charge in [0.1, 0.15) is 0 Å². The van der Waals surface area contributed by atoms with E-state index in [1.807, 2.05) is 12.1 Å². The predicted molar refractivity (Wildman–Crippen MR) is 90.8 cm³/mol. The third-order valence-electron chi connectivity index (χ3n) is 5.07. The fourth-order valence-corrected chi connectivity index (χ4v) is 4.45. The molecule has 2 aliphatic rings. The maximum absolute atomic E-state index is 6.55. The topological polar surface area (TPSA) is 21.3 Å². The lowest BCUT2D eigenvalue weighted by Crippen LogP contribution is -2.52. The van der Waals surface area contributed by atoms with Crippen LogP contribution in [0.15, 0.2) is 22.7 Å². The first-order valence-corrected chi connectivity index (χ1v) is 9.12. The maximum atomic E-state index is 6.55. The molecule has 1 aromatic carbocycles. The molecular weight excluding hydrogens is 350 g/mol. The fraction of sp³-hybridized carbons (Fsp3) is 0.647. The van der Waals surface area contributed by atoms with Crippen LogP contribution in [0.2, 0.25) is 5.02 Å². The second-order valence-corrected chi connectivity index (χ2v) is 7.76. The average molecular weight is 373 g/mol. The zero-order valence-electron chi connectivity index (χ0n) is 12.5. The molecule has 2 fully saturated rings. The highest BCUT2D eigenvalue weighted by Gasteiger charge is 2.40. The summed E-state index contributed by atoms with van der Waals surface area (Å²) in [6, 6.07) is 6.07. The van der Waals surface area contributed by atoms with Crippen LogP contribution in [0.4, 0.5) is 0 Å². The molecule has 1 heterocycles. The lowest BCUT2D eigenvalue weighted by atomic mass is 9.77. The highest BCUT2D eigenvalue weighted by Crippen LogP contribution is 2.42. The van der Waals surface area contributed by atoms with Gasteiger partial charge >= 0.3 is 0 Å². The van der Waals surface area contributed by atoms with Gasteiger partial charge in [-0.05, 0) is 43.7 Å². The van der Waals surface area contributed by atoms with Gasteiger partial charge in [-0.15, -0.1) is 0 Å². The Morgan fingerprint density at radius 2 is 2.14 bits per heavy atom. The molecule has 1 N–H and O–H groups in total. The van der Waals surface area contributed by atoms with Crippen LogP contribution in [0.1, 0.15) is 50.7 Å². The minimum atomic E-state index is 0.0188. The second kappa shape index (κ2) is 6.57. The minimum Gasteiger partial charge on any atom is -0.364 e. The highest BCUT2D eigenvalue weighted by atomic mass is 79.9. The van der Waals surface area contributed by atoms with Crippen molar-refractivity contribution in [3.63, 3.8) is 0 Å². The van der Waals surface area contributed by atoms with Crippen molar-refractivity contribution < 1.29 is 4.74 Å². The van der Waals surface area contributed by atoms with Crippen LogP contribution in [-0.2, 0) is 4.74 Å². The van der Waals surface area contributed by atoms with Gasteiger partial charge in [0.2, 0.25) is 0 Å². The molecule has 116 valence electrons. The number of rotatable bonds is 2. The number of nitrogens with one attached hydrogen (secondary N) is 1. The SMILES string of the molecule is CCC1CCC2(CC1)CNCC(c1ccc(Br)cc1Cl)O2. The Balaban J connectivity index is 1.74. The second-order valence-electron chi connectivity index (χ2n) is 6.44. The summed E-state index contributed by atoms with van der Waals surface area (Å²) >= 11 is 9.86. The normalized spacial score (nSPS) is 33.3. The molecule has 1 spiro atoms. The Bertz CT molecular complexity index is 500. The predicted octanol–water partition coefficient (Wildman–Crippen LogP) is 5.10. The van der Waals surface area contributed by atoms with E-state index >= 15 is 0 Å². The summed E-state index contributed by atoms with van der Waals surface area (Å²) in [6.45, 7) is 4.13. The molecule has 1 saturated heterocycles. The van der Waals surface area contributed by atoms with Gasteiger partial charge in [-0.25, -0.2) is 0 Å². The molecule has 0 amide bonds. The monoisotopic (exact) mass is 371 g/mol. The number of hydrogen-bond acceptors (Lipinski definition) is 2. The van der Waals surface area contributed by atoms with E-state index < -0.39 is 0 Å². The van der Waals surface area contributed by atoms with Gasteiger partial charge in [0.25, 0.3) is 0 Å². The van der Waals surface area contributed by atoms with Crippen LogP contribution >= 0.6 is 27.5 Å². The van der Waals surface area contributed by atoms with E-state index in [1.165, 1.54) is 32.1 Å². The highest BCUT2D eigenvalue weighted by molar-refractivity contribution is 9.10. The molecular formula is C17H23BrClNO. The van der Waals surface area contributed by atoms with Crippen LogP contribution in [0.25, 0.3) is 0 Å². The largest absolute Gasteiger partial charge is 0.364 e. The lowest BCUT2D eigenvalue weighted by Gasteiger charge is -2.46. The van der Waals surface area contributed by atoms with Crippen molar-refractivity contribution in [1.82, 2.24) is 5.32 Å². The zero-order chi connectivity index (χ0) is 14.9. The van der Waals surface area contributed by atoms with Crippen LogP contribution < -0.4 is 5.32 Å². The maximum Gasteiger partial charge on any atom is 0.0971 e. The summed E-state index contributed by atoms with van der Waals surface area (Å²) in [5.74, 6) is 0.885. The van der Waals surface area contributed by atoms with Crippen LogP contribution in [0.5, 0.6) is 0 Å². The molecule has 1 unspecified atom stereocenters. The molecule has 0 aromatic heterocycles. The van der Waals surface area contributed by atoms with E-state index in [0.717, 1.165) is 34.1 Å². The van der Waals surface area contributed by atoms with E-state index in [4.69, 9.17) is 16.3 Å². The van der Waals surface area contributed by atoms with Crippen LogP contribution in [-0.4, -0.2) is 18.7 Å². The molecule has 2 nitrogen and oxygen atoms in total. The van der Waals surface area contributed by atoms with E-state index in [1.54, 1.807) is 0 Å². The van der Waals surface area contributed by atoms with Crippen molar-refractivity contribution >= 4 is 27.5 Å². The summed E-state index contributed by atoms with van der Waals surface area (Å²) in [5.41, 5.74) is 1.12. The van der Waals surface area contributed by atoms with Gasteiger partial charge in [0.15, 0.2) is 0 Å². The van der Waals surface area contributed by atoms with Crippen molar-refractivity contribution in [1.29, 1.82) is 0 Å². The first-order chi connectivity index (χ1) is 10.1. The molecule has 0 bridgehead atoms. The summed E-state index contributed by atoms with van der Waals surface area (Å²) < 4.78 is 7.56. The summed E-state index contributed by atoms with van der Waals surface area (Å²) in [7, 11) is 0. The fourth-order valence-electron chi connectivity index (χ4n) is 3.66. The number of halogens is 2. The van der Waals surface area contributed by atoms with Gasteiger partial charge in [0, 0.05) is 28.1 Å². The van der Waals surface area contributed by atoms with Crippen LogP contribution in [0, 0.1) is 5.92 Å². The molecule has 1 aromatic rings. The Morgan fingerprint density at radius 3 is 2.81 bits per heavy atom. The summed E-state index contributed by atoms with van der Waals surface area (Å²) in [4.78, 5) is 0. The van der Waals surface area contributed by atoms with E-state index in [-0.39, 0.29) is 11.7 Å². The summed E-state index contributed by atoms with van der Waals surface area (Å²) in [5, 5.41) is 4.36. The molecule has 1 atom stereocenters. The Kier molecular flexibility index (Phi) is 4.94. The molecule has 1 aliphatic carbocycles. The zero-order valence-corrected chi connectivity index (χ0v) is 14.8. The number of benzene rings is 1. The number of hydrogen-bond donors (Lipinski definition) is 1. The van der Waals surface area contributed by atoms with Crippen LogP contribution in [0.3, 0.4) is 0 Å². The Hall–Kier alpha value is -0.0900. The van der Waals surface area contributed by atoms with Gasteiger partial charge < -0.3 is 10.1 Å². The molecule has 1 saturated carbocycles. The molecule has 0 radical (unpaired) electrons. The van der Waals surface area contributed by atoms with Crippen molar-refractivity contribution in [2.24, 2.45) is 5.92 Å². The minimum absolute atomic E-state index is 0.0188. The molecule has 21 heavy (non-hydrogen) atoms. The van der Waals surface area contributed by atoms with E-state index in [2.05, 4.69) is 34.2 Å². The number of ether oxygens (including phenoxy) is 1. The third-order valence-corrected chi connectivity index (χ3v) is 5.89. The molecule has 1 aliphatic heterocycles. The number of morpholine rings is 1. The first kappa shape index (κ1) is 15.8. The lowest BCUT2D eigenvalue weighted by molar-refractivity contribution is -0.141. The standard InChI is InChI=1S/C17H23BrClNO/c1-2-12-5-7-17(8-6-12)11-20-10-16(21-17)14-4-3-13(18)9-15(14)19/h3-4,9,12,16,20H,2,5-8,10-11H2,1H3. The average Bonchev–Trinajstić information content (AvgIpc) is 2.48. The van der Waals surface area contributed by atoms with E-state index in [0.29, 0.717) is 0 Å². The Labute approximate surface area is 140 Å². The molecule has 4 heteroatoms. The van der Waals surface area contributed by atoms with Gasteiger partial charge in [-0.3, -0.25) is 0 Å². The van der Waals surface area contributed by atoms with Gasteiger partial charge in [-0.2, -0.15) is 0 Å². The van der Waals surface area contributed by atoms with E-state index in [9.17, 15) is 0 Å². The third kappa shape index (κ3) is 3.47. The van der Waals surface area contributed by atoms with Crippen molar-refractivity contribution in [3.05, 3.63) is 33.3 Å².